The van der Waals surface area contributed by atoms with Gasteiger partial charge in [-0.15, -0.1) is 0 Å². The molecule has 1 aliphatic rings. The lowest BCUT2D eigenvalue weighted by atomic mass is 10.1. The fourth-order valence-electron chi connectivity index (χ4n) is 3.46. The molecule has 0 spiro atoms. The molecule has 4 rings (SSSR count). The van der Waals surface area contributed by atoms with E-state index in [0.29, 0.717) is 11.3 Å². The molecule has 1 N–H and O–H groups in total. The van der Waals surface area contributed by atoms with Crippen LogP contribution in [0.15, 0.2) is 65.3 Å². The summed E-state index contributed by atoms with van der Waals surface area (Å²) in [5.41, 5.74) is 1.41. The number of furan rings is 1. The van der Waals surface area contributed by atoms with Crippen molar-refractivity contribution >= 4 is 29.7 Å². The fourth-order valence-corrected chi connectivity index (χ4v) is 3.46. The summed E-state index contributed by atoms with van der Waals surface area (Å²) >= 11 is 0. The Kier molecular flexibility index (Phi) is 6.72. The number of amides is 3. The van der Waals surface area contributed by atoms with Crippen molar-refractivity contribution < 1.29 is 37.9 Å². The largest absolute Gasteiger partial charge is 0.467 e. The van der Waals surface area contributed by atoms with Gasteiger partial charge in [-0.1, -0.05) is 12.1 Å². The Balaban J connectivity index is 1.31. The van der Waals surface area contributed by atoms with E-state index < -0.39 is 36.3 Å². The summed E-state index contributed by atoms with van der Waals surface area (Å²) in [6, 6.07) is 13.8. The maximum atomic E-state index is 12.7. The molecule has 0 radical (unpaired) electrons. The van der Waals surface area contributed by atoms with Crippen LogP contribution < -0.4 is 5.32 Å². The number of nitrogens with zero attached hydrogens (tertiary/aromatic N) is 1. The maximum absolute atomic E-state index is 12.7. The third-order valence-electron chi connectivity index (χ3n) is 5.30. The van der Waals surface area contributed by atoms with Crippen LogP contribution in [0, 0.1) is 0 Å². The van der Waals surface area contributed by atoms with Gasteiger partial charge in [0.05, 0.1) is 42.2 Å². The molecule has 2 aromatic carbocycles. The second kappa shape index (κ2) is 10.0. The van der Waals surface area contributed by atoms with E-state index in [0.717, 1.165) is 10.5 Å². The third kappa shape index (κ3) is 5.11. The molecule has 0 atom stereocenters. The van der Waals surface area contributed by atoms with Crippen molar-refractivity contribution in [3.8, 4) is 0 Å². The molecule has 10 nitrogen and oxygen atoms in total. The highest BCUT2D eigenvalue weighted by atomic mass is 16.5. The van der Waals surface area contributed by atoms with E-state index in [2.05, 4.69) is 10.1 Å². The van der Waals surface area contributed by atoms with E-state index in [1.165, 1.54) is 31.6 Å². The summed E-state index contributed by atoms with van der Waals surface area (Å²) in [6.07, 6.45) is 1.44. The Labute approximate surface area is 199 Å². The molecule has 10 heteroatoms. The van der Waals surface area contributed by atoms with Gasteiger partial charge in [-0.25, -0.2) is 9.59 Å². The van der Waals surface area contributed by atoms with Crippen LogP contribution in [-0.4, -0.2) is 48.3 Å². The highest BCUT2D eigenvalue weighted by Crippen LogP contribution is 2.26. The van der Waals surface area contributed by atoms with Gasteiger partial charge in [0.2, 0.25) is 0 Å². The Morgan fingerprint density at radius 3 is 2.31 bits per heavy atom. The molecular formula is C25H20N2O8. The van der Waals surface area contributed by atoms with E-state index in [9.17, 15) is 24.0 Å². The van der Waals surface area contributed by atoms with Crippen LogP contribution in [0.5, 0.6) is 0 Å². The molecule has 0 unspecified atom stereocenters. The van der Waals surface area contributed by atoms with Crippen LogP contribution in [0.3, 0.4) is 0 Å². The molecule has 1 aromatic heterocycles. The lowest BCUT2D eigenvalue weighted by Gasteiger charge is -2.11. The van der Waals surface area contributed by atoms with Crippen LogP contribution in [-0.2, 0) is 27.4 Å². The zero-order chi connectivity index (χ0) is 24.9. The third-order valence-corrected chi connectivity index (χ3v) is 5.30. The quantitative estimate of drug-likeness (QED) is 0.387. The van der Waals surface area contributed by atoms with Crippen LogP contribution in [0.4, 0.5) is 0 Å². The minimum atomic E-state index is -0.810. The predicted molar refractivity (Wildman–Crippen MR) is 119 cm³/mol. The van der Waals surface area contributed by atoms with Crippen LogP contribution in [0.2, 0.25) is 0 Å². The molecule has 1 aliphatic heterocycles. The van der Waals surface area contributed by atoms with Gasteiger partial charge in [0, 0.05) is 6.54 Å². The van der Waals surface area contributed by atoms with Gasteiger partial charge in [0.1, 0.15) is 5.76 Å². The molecule has 178 valence electrons. The van der Waals surface area contributed by atoms with Crippen LogP contribution in [0.25, 0.3) is 0 Å². The second-order valence-electron chi connectivity index (χ2n) is 7.58. The van der Waals surface area contributed by atoms with Crippen molar-refractivity contribution in [2.24, 2.45) is 0 Å². The van der Waals surface area contributed by atoms with E-state index in [4.69, 9.17) is 9.15 Å². The maximum Gasteiger partial charge on any atom is 0.338 e. The first-order valence-corrected chi connectivity index (χ1v) is 10.5. The first-order valence-electron chi connectivity index (χ1n) is 10.5. The van der Waals surface area contributed by atoms with Gasteiger partial charge in [-0.05, 0) is 48.0 Å². The molecule has 0 bridgehead atoms. The zero-order valence-electron chi connectivity index (χ0n) is 18.6. The molecule has 0 saturated heterocycles. The van der Waals surface area contributed by atoms with Gasteiger partial charge in [-0.3, -0.25) is 19.3 Å². The van der Waals surface area contributed by atoms with Crippen molar-refractivity contribution in [3.05, 3.63) is 94.4 Å². The first-order chi connectivity index (χ1) is 16.9. The first kappa shape index (κ1) is 23.4. The van der Waals surface area contributed by atoms with Gasteiger partial charge in [0.25, 0.3) is 17.7 Å². The molecule has 0 fully saturated rings. The molecule has 3 aromatic rings. The molecule has 0 aliphatic carbocycles. The molecule has 0 saturated carbocycles. The number of fused-ring (bicyclic) bond motifs is 1. The smallest absolute Gasteiger partial charge is 0.338 e. The Bertz CT molecular complexity index is 1300. The van der Waals surface area contributed by atoms with Crippen molar-refractivity contribution in [2.75, 3.05) is 13.7 Å². The van der Waals surface area contributed by atoms with Crippen LogP contribution in [0.1, 0.15) is 52.8 Å². The van der Waals surface area contributed by atoms with Gasteiger partial charge in [-0.2, -0.15) is 0 Å². The molecule has 2 heterocycles. The SMILES string of the molecule is COC(=O)c1ccc(CNC(=O)COC(=O)c2ccc3c(c2)C(=O)N(Cc2ccco2)C3=O)cc1. The average Bonchev–Trinajstić information content (AvgIpc) is 3.48. The lowest BCUT2D eigenvalue weighted by molar-refractivity contribution is -0.124. The Morgan fingerprint density at radius 2 is 1.63 bits per heavy atom. The number of hydrogen-bond donors (Lipinski definition) is 1. The highest BCUT2D eigenvalue weighted by Gasteiger charge is 2.36. The molecule has 35 heavy (non-hydrogen) atoms. The monoisotopic (exact) mass is 476 g/mol. The number of hydrogen-bond acceptors (Lipinski definition) is 8. The van der Waals surface area contributed by atoms with E-state index in [1.807, 2.05) is 0 Å². The summed E-state index contributed by atoms with van der Waals surface area (Å²) in [4.78, 5) is 62.2. The van der Waals surface area contributed by atoms with Crippen LogP contribution >= 0.6 is 0 Å². The average molecular weight is 476 g/mol. The number of ether oxygens (including phenoxy) is 2. The van der Waals surface area contributed by atoms with Crippen molar-refractivity contribution in [1.82, 2.24) is 10.2 Å². The summed E-state index contributed by atoms with van der Waals surface area (Å²) in [5, 5.41) is 2.60. The van der Waals surface area contributed by atoms with Crippen molar-refractivity contribution in [1.29, 1.82) is 0 Å². The van der Waals surface area contributed by atoms with Gasteiger partial charge < -0.3 is 19.2 Å². The van der Waals surface area contributed by atoms with Gasteiger partial charge >= 0.3 is 11.9 Å². The molecular weight excluding hydrogens is 456 g/mol. The lowest BCUT2D eigenvalue weighted by Crippen LogP contribution is -2.29. The minimum Gasteiger partial charge on any atom is -0.467 e. The van der Waals surface area contributed by atoms with Gasteiger partial charge in [0.15, 0.2) is 6.61 Å². The Morgan fingerprint density at radius 1 is 0.914 bits per heavy atom. The number of esters is 2. The number of methoxy groups -OCH3 is 1. The fraction of sp³-hybridized carbons (Fsp3) is 0.160. The summed E-state index contributed by atoms with van der Waals surface area (Å²) in [6.45, 7) is -0.392. The van der Waals surface area contributed by atoms with E-state index in [1.54, 1.807) is 36.4 Å². The summed E-state index contributed by atoms with van der Waals surface area (Å²) in [5.74, 6) is -2.39. The van der Waals surface area contributed by atoms with E-state index in [-0.39, 0.29) is 29.8 Å². The molecule has 3 amide bonds. The number of nitrogens with one attached hydrogen (secondary N) is 1. The van der Waals surface area contributed by atoms with Crippen molar-refractivity contribution in [3.63, 3.8) is 0 Å². The number of rotatable bonds is 8. The van der Waals surface area contributed by atoms with Crippen molar-refractivity contribution in [2.45, 2.75) is 13.1 Å². The zero-order valence-corrected chi connectivity index (χ0v) is 18.6. The number of carbonyl (C=O) groups is 5. The standard InChI is InChI=1S/C25H20N2O8/c1-33-24(31)16-6-4-15(5-7-16)12-26-21(28)14-35-25(32)17-8-9-19-20(11-17)23(30)27(22(19)29)13-18-3-2-10-34-18/h2-11H,12-14H2,1H3,(H,26,28). The number of benzene rings is 2. The predicted octanol–water partition coefficient (Wildman–Crippen LogP) is 2.34. The summed E-state index contributed by atoms with van der Waals surface area (Å²) < 4.78 is 14.9. The minimum absolute atomic E-state index is 0.0231. The topological polar surface area (TPSA) is 132 Å². The number of imide groups is 1. The number of carbonyl (C=O) groups excluding carboxylic acids is 5. The Hall–Kier alpha value is -4.73. The second-order valence-corrected chi connectivity index (χ2v) is 7.58. The summed E-state index contributed by atoms with van der Waals surface area (Å²) in [7, 11) is 1.29. The van der Waals surface area contributed by atoms with E-state index >= 15 is 0 Å². The normalized spacial score (nSPS) is 12.3. The highest BCUT2D eigenvalue weighted by molar-refractivity contribution is 6.21.